The van der Waals surface area contributed by atoms with Crippen LogP contribution in [-0.4, -0.2) is 19.5 Å². The minimum absolute atomic E-state index is 0.00607. The summed E-state index contributed by atoms with van der Waals surface area (Å²) in [5, 5.41) is 9.33. The molecule has 0 aliphatic heterocycles. The Labute approximate surface area is 167 Å². The Bertz CT molecular complexity index is 1130. The first-order valence-corrected chi connectivity index (χ1v) is 10.3. The first-order chi connectivity index (χ1) is 13.3. The van der Waals surface area contributed by atoms with Gasteiger partial charge in [0.25, 0.3) is 0 Å². The molecule has 0 unspecified atom stereocenters. The third-order valence-electron chi connectivity index (χ3n) is 4.27. The molecule has 0 aliphatic carbocycles. The SMILES string of the molecule is O=C(O)CCc1ccc(Cl)cc1-c1ccc(S(=O)(=O)c2ccccc2)c(F)c1. The van der Waals surface area contributed by atoms with Gasteiger partial charge in [0.2, 0.25) is 9.84 Å². The van der Waals surface area contributed by atoms with Crippen molar-refractivity contribution in [2.24, 2.45) is 0 Å². The maximum Gasteiger partial charge on any atom is 0.303 e. The normalized spacial score (nSPS) is 11.4. The molecule has 28 heavy (non-hydrogen) atoms. The molecule has 0 atom stereocenters. The van der Waals surface area contributed by atoms with Crippen molar-refractivity contribution in [3.05, 3.63) is 83.1 Å². The van der Waals surface area contributed by atoms with Gasteiger partial charge < -0.3 is 5.11 Å². The van der Waals surface area contributed by atoms with Crippen LogP contribution >= 0.6 is 11.6 Å². The molecule has 1 N–H and O–H groups in total. The zero-order valence-corrected chi connectivity index (χ0v) is 16.2. The summed E-state index contributed by atoms with van der Waals surface area (Å²) in [6, 6.07) is 16.4. The van der Waals surface area contributed by atoms with Crippen LogP contribution in [0.4, 0.5) is 4.39 Å². The van der Waals surface area contributed by atoms with Crippen molar-refractivity contribution >= 4 is 27.4 Å². The number of halogens is 2. The van der Waals surface area contributed by atoms with E-state index in [9.17, 15) is 17.6 Å². The van der Waals surface area contributed by atoms with Gasteiger partial charge in [0.1, 0.15) is 10.7 Å². The number of benzene rings is 3. The molecule has 144 valence electrons. The molecule has 0 saturated carbocycles. The van der Waals surface area contributed by atoms with Crippen molar-refractivity contribution in [2.75, 3.05) is 0 Å². The van der Waals surface area contributed by atoms with E-state index in [0.29, 0.717) is 21.7 Å². The van der Waals surface area contributed by atoms with Gasteiger partial charge in [-0.15, -0.1) is 0 Å². The maximum absolute atomic E-state index is 14.8. The number of aryl methyl sites for hydroxylation is 1. The van der Waals surface area contributed by atoms with E-state index in [1.165, 1.54) is 24.3 Å². The quantitative estimate of drug-likeness (QED) is 0.611. The molecule has 0 heterocycles. The highest BCUT2D eigenvalue weighted by molar-refractivity contribution is 7.91. The smallest absolute Gasteiger partial charge is 0.303 e. The van der Waals surface area contributed by atoms with Crippen molar-refractivity contribution in [2.45, 2.75) is 22.6 Å². The zero-order valence-electron chi connectivity index (χ0n) is 14.6. The first kappa shape index (κ1) is 20.0. The van der Waals surface area contributed by atoms with E-state index in [1.807, 2.05) is 0 Å². The number of carbonyl (C=O) groups is 1. The molecule has 3 rings (SSSR count). The largest absolute Gasteiger partial charge is 0.481 e. The molecule has 0 amide bonds. The summed E-state index contributed by atoms with van der Waals surface area (Å²) in [4.78, 5) is 10.5. The average molecular weight is 419 g/mol. The van der Waals surface area contributed by atoms with Gasteiger partial charge in [-0.1, -0.05) is 41.9 Å². The summed E-state index contributed by atoms with van der Waals surface area (Å²) in [5.74, 6) is -1.83. The number of rotatable bonds is 6. The number of carboxylic acid groups (broad SMARTS) is 1. The molecular formula is C21H16ClFO4S. The molecule has 0 aliphatic rings. The van der Waals surface area contributed by atoms with Crippen LogP contribution in [0, 0.1) is 5.82 Å². The summed E-state index contributed by atoms with van der Waals surface area (Å²) in [5.41, 5.74) is 1.67. The van der Waals surface area contributed by atoms with E-state index in [-0.39, 0.29) is 17.7 Å². The lowest BCUT2D eigenvalue weighted by Gasteiger charge is -2.12. The molecule has 7 heteroatoms. The van der Waals surface area contributed by atoms with Gasteiger partial charge in [0.05, 0.1) is 4.90 Å². The van der Waals surface area contributed by atoms with E-state index in [4.69, 9.17) is 16.7 Å². The van der Waals surface area contributed by atoms with Gasteiger partial charge in [-0.3, -0.25) is 4.79 Å². The van der Waals surface area contributed by atoms with Gasteiger partial charge in [-0.25, -0.2) is 12.8 Å². The average Bonchev–Trinajstić information content (AvgIpc) is 2.67. The first-order valence-electron chi connectivity index (χ1n) is 8.39. The van der Waals surface area contributed by atoms with Crippen molar-refractivity contribution in [3.8, 4) is 11.1 Å². The minimum atomic E-state index is -3.99. The molecule has 0 spiro atoms. The fourth-order valence-corrected chi connectivity index (χ4v) is 4.39. The third-order valence-corrected chi connectivity index (χ3v) is 6.30. The molecule has 0 radical (unpaired) electrons. The van der Waals surface area contributed by atoms with Crippen LogP contribution in [0.5, 0.6) is 0 Å². The van der Waals surface area contributed by atoms with Gasteiger partial charge in [0, 0.05) is 11.4 Å². The second-order valence-electron chi connectivity index (χ2n) is 6.16. The summed E-state index contributed by atoms with van der Waals surface area (Å²) in [6.45, 7) is 0. The van der Waals surface area contributed by atoms with Crippen LogP contribution in [-0.2, 0) is 21.1 Å². The summed E-state index contributed by atoms with van der Waals surface area (Å²) >= 11 is 6.05. The Morgan fingerprint density at radius 3 is 2.36 bits per heavy atom. The second kappa shape index (κ2) is 8.12. The monoisotopic (exact) mass is 418 g/mol. The van der Waals surface area contributed by atoms with Crippen LogP contribution < -0.4 is 0 Å². The van der Waals surface area contributed by atoms with Crippen LogP contribution in [0.3, 0.4) is 0 Å². The number of sulfone groups is 1. The number of aliphatic carboxylic acids is 1. The lowest BCUT2D eigenvalue weighted by Crippen LogP contribution is -2.05. The molecule has 0 fully saturated rings. The molecule has 0 saturated heterocycles. The van der Waals surface area contributed by atoms with E-state index < -0.39 is 26.5 Å². The number of hydrogen-bond acceptors (Lipinski definition) is 3. The highest BCUT2D eigenvalue weighted by Gasteiger charge is 2.22. The Morgan fingerprint density at radius 2 is 1.71 bits per heavy atom. The lowest BCUT2D eigenvalue weighted by molar-refractivity contribution is -0.136. The summed E-state index contributed by atoms with van der Waals surface area (Å²) < 4.78 is 40.1. The Kier molecular flexibility index (Phi) is 5.82. The van der Waals surface area contributed by atoms with Gasteiger partial charge in [-0.2, -0.15) is 0 Å². The maximum atomic E-state index is 14.8. The highest BCUT2D eigenvalue weighted by atomic mass is 35.5. The Balaban J connectivity index is 2.04. The third kappa shape index (κ3) is 4.24. The second-order valence-corrected chi connectivity index (χ2v) is 8.51. The minimum Gasteiger partial charge on any atom is -0.481 e. The van der Waals surface area contributed by atoms with Crippen molar-refractivity contribution < 1.29 is 22.7 Å². The van der Waals surface area contributed by atoms with Crippen LogP contribution in [0.15, 0.2) is 76.5 Å². The van der Waals surface area contributed by atoms with Crippen LogP contribution in [0.1, 0.15) is 12.0 Å². The van der Waals surface area contributed by atoms with Gasteiger partial charge in [0.15, 0.2) is 0 Å². The summed E-state index contributed by atoms with van der Waals surface area (Å²) in [6.07, 6.45) is 0.158. The highest BCUT2D eigenvalue weighted by Crippen LogP contribution is 2.31. The molecule has 0 aromatic heterocycles. The predicted molar refractivity (Wildman–Crippen MR) is 105 cm³/mol. The van der Waals surface area contributed by atoms with Gasteiger partial charge >= 0.3 is 5.97 Å². The predicted octanol–water partition coefficient (Wildman–Crippen LogP) is 5.00. The van der Waals surface area contributed by atoms with Crippen LogP contribution in [0.25, 0.3) is 11.1 Å². The number of carboxylic acids is 1. The van der Waals surface area contributed by atoms with Crippen molar-refractivity contribution in [3.63, 3.8) is 0 Å². The fourth-order valence-electron chi connectivity index (χ4n) is 2.89. The van der Waals surface area contributed by atoms with Crippen molar-refractivity contribution in [1.29, 1.82) is 0 Å². The lowest BCUT2D eigenvalue weighted by atomic mass is 9.96. The van der Waals surface area contributed by atoms with Gasteiger partial charge in [-0.05, 0) is 59.5 Å². The Morgan fingerprint density at radius 1 is 1.00 bits per heavy atom. The van der Waals surface area contributed by atoms with Crippen LogP contribution in [0.2, 0.25) is 5.02 Å². The molecule has 3 aromatic carbocycles. The van der Waals surface area contributed by atoms with E-state index in [1.54, 1.807) is 36.4 Å². The van der Waals surface area contributed by atoms with E-state index >= 15 is 0 Å². The molecule has 4 nitrogen and oxygen atoms in total. The number of hydrogen-bond donors (Lipinski definition) is 1. The molecule has 0 bridgehead atoms. The van der Waals surface area contributed by atoms with E-state index in [0.717, 1.165) is 6.07 Å². The molecular weight excluding hydrogens is 403 g/mol. The molecule has 3 aromatic rings. The zero-order chi connectivity index (χ0) is 20.3. The standard InChI is InChI=1S/C21H16ClFO4S/c22-16-9-6-14(8-11-21(24)25)18(13-16)15-7-10-20(19(23)12-15)28(26,27)17-4-2-1-3-5-17/h1-7,9-10,12-13H,8,11H2,(H,24,25). The topological polar surface area (TPSA) is 71.4 Å². The fraction of sp³-hybridized carbons (Fsp3) is 0.0952. The summed E-state index contributed by atoms with van der Waals surface area (Å²) in [7, 11) is -3.99. The van der Waals surface area contributed by atoms with E-state index in [2.05, 4.69) is 0 Å². The Hall–Kier alpha value is -2.70. The van der Waals surface area contributed by atoms with Crippen molar-refractivity contribution in [1.82, 2.24) is 0 Å².